The molecule has 0 atom stereocenters. The van der Waals surface area contributed by atoms with Crippen LogP contribution in [0.4, 0.5) is 8.78 Å². The molecule has 0 N–H and O–H groups in total. The first-order chi connectivity index (χ1) is 11.7. The van der Waals surface area contributed by atoms with Crippen LogP contribution in [-0.2, 0) is 0 Å². The molecule has 3 aromatic carbocycles. The van der Waals surface area contributed by atoms with Gasteiger partial charge in [0.2, 0.25) is 0 Å². The lowest BCUT2D eigenvalue weighted by Crippen LogP contribution is -1.91. The Morgan fingerprint density at radius 3 is 1.33 bits per heavy atom. The molecule has 114 valence electrons. The molecule has 24 heavy (non-hydrogen) atoms. The average Bonchev–Trinajstić information content (AvgIpc) is 2.62. The maximum absolute atomic E-state index is 13.9. The lowest BCUT2D eigenvalue weighted by atomic mass is 10.1. The van der Waals surface area contributed by atoms with Gasteiger partial charge in [-0.2, -0.15) is 0 Å². The normalized spacial score (nSPS) is 9.42. The molecule has 0 fully saturated rings. The Balaban J connectivity index is 1.95. The zero-order valence-electron chi connectivity index (χ0n) is 12.7. The van der Waals surface area contributed by atoms with Gasteiger partial charge in [-0.15, -0.1) is 0 Å². The van der Waals surface area contributed by atoms with Crippen molar-refractivity contribution in [2.75, 3.05) is 0 Å². The van der Waals surface area contributed by atoms with E-state index in [0.717, 1.165) is 17.2 Å². The lowest BCUT2D eigenvalue weighted by Gasteiger charge is -1.99. The van der Waals surface area contributed by atoms with E-state index in [1.54, 1.807) is 0 Å². The Kier molecular flexibility index (Phi) is 4.70. The number of rotatable bonds is 0. The molecule has 0 aliphatic heterocycles. The molecule has 0 unspecified atom stereocenters. The summed E-state index contributed by atoms with van der Waals surface area (Å²) < 4.78 is 27.8. The van der Waals surface area contributed by atoms with Crippen LogP contribution in [0.2, 0.25) is 0 Å². The van der Waals surface area contributed by atoms with Gasteiger partial charge in [-0.1, -0.05) is 60.1 Å². The molecule has 0 aliphatic rings. The lowest BCUT2D eigenvalue weighted by molar-refractivity contribution is 0.579. The molecule has 0 radical (unpaired) electrons. The van der Waals surface area contributed by atoms with Crippen molar-refractivity contribution in [2.45, 2.75) is 0 Å². The predicted molar refractivity (Wildman–Crippen MR) is 91.2 cm³/mol. The van der Waals surface area contributed by atoms with E-state index in [0.29, 0.717) is 0 Å². The minimum Gasteiger partial charge on any atom is -0.206 e. The predicted octanol–water partition coefficient (Wildman–Crippen LogP) is 4.76. The monoisotopic (exact) mass is 314 g/mol. The van der Waals surface area contributed by atoms with Gasteiger partial charge in [-0.05, 0) is 30.3 Å². The number of benzene rings is 3. The van der Waals surface area contributed by atoms with Gasteiger partial charge in [-0.3, -0.25) is 0 Å². The van der Waals surface area contributed by atoms with Gasteiger partial charge in [0.25, 0.3) is 0 Å². The summed E-state index contributed by atoms with van der Waals surface area (Å²) in [6.45, 7) is 0. The molecular formula is C22H12F2. The second kappa shape index (κ2) is 7.27. The minimum absolute atomic E-state index is 0.123. The molecule has 0 aromatic heterocycles. The molecule has 0 spiro atoms. The van der Waals surface area contributed by atoms with Gasteiger partial charge < -0.3 is 0 Å². The summed E-state index contributed by atoms with van der Waals surface area (Å²) in [5.74, 6) is 9.81. The highest BCUT2D eigenvalue weighted by Gasteiger charge is 2.07. The number of hydrogen-bond acceptors (Lipinski definition) is 0. The van der Waals surface area contributed by atoms with Gasteiger partial charge in [0.05, 0.1) is 11.1 Å². The van der Waals surface area contributed by atoms with Gasteiger partial charge in [0.15, 0.2) is 0 Å². The summed E-state index contributed by atoms with van der Waals surface area (Å²) >= 11 is 0. The third kappa shape index (κ3) is 3.88. The Labute approximate surface area is 139 Å². The van der Waals surface area contributed by atoms with E-state index in [9.17, 15) is 8.78 Å². The molecule has 2 heteroatoms. The number of halogens is 2. The fraction of sp³-hybridized carbons (Fsp3) is 0. The summed E-state index contributed by atoms with van der Waals surface area (Å²) in [5, 5.41) is 0. The van der Waals surface area contributed by atoms with Gasteiger partial charge in [-0.25, -0.2) is 8.78 Å². The maximum Gasteiger partial charge on any atom is 0.141 e. The fourth-order valence-electron chi connectivity index (χ4n) is 2.06. The highest BCUT2D eigenvalue weighted by atomic mass is 19.1. The van der Waals surface area contributed by atoms with Crippen LogP contribution in [0.25, 0.3) is 0 Å². The largest absolute Gasteiger partial charge is 0.206 e. The second-order valence-corrected chi connectivity index (χ2v) is 5.04. The molecule has 0 bridgehead atoms. The topological polar surface area (TPSA) is 0 Å². The van der Waals surface area contributed by atoms with Crippen molar-refractivity contribution in [1.82, 2.24) is 0 Å². The van der Waals surface area contributed by atoms with Crippen LogP contribution in [0, 0.1) is 35.3 Å². The molecule has 3 rings (SSSR count). The van der Waals surface area contributed by atoms with Crippen molar-refractivity contribution in [3.63, 3.8) is 0 Å². The van der Waals surface area contributed by atoms with Crippen LogP contribution in [0.3, 0.4) is 0 Å². The summed E-state index contributed by atoms with van der Waals surface area (Å²) in [4.78, 5) is 0. The molecule has 0 saturated carbocycles. The minimum atomic E-state index is -0.693. The quantitative estimate of drug-likeness (QED) is 0.525. The van der Waals surface area contributed by atoms with E-state index in [2.05, 4.69) is 23.7 Å². The maximum atomic E-state index is 13.9. The average molecular weight is 314 g/mol. The zero-order chi connectivity index (χ0) is 16.8. The van der Waals surface area contributed by atoms with Crippen molar-refractivity contribution in [1.29, 1.82) is 0 Å². The van der Waals surface area contributed by atoms with Crippen molar-refractivity contribution >= 4 is 0 Å². The van der Waals surface area contributed by atoms with Crippen molar-refractivity contribution in [2.24, 2.45) is 0 Å². The van der Waals surface area contributed by atoms with Crippen LogP contribution >= 0.6 is 0 Å². The summed E-state index contributed by atoms with van der Waals surface area (Å²) in [6, 6.07) is 20.6. The van der Waals surface area contributed by atoms with Crippen LogP contribution in [0.1, 0.15) is 22.3 Å². The SMILES string of the molecule is Fc1cc(F)c(C#Cc2ccccc2)cc1C#Cc1ccccc1. The molecule has 0 aliphatic carbocycles. The summed E-state index contributed by atoms with van der Waals surface area (Å²) in [6.07, 6.45) is 0. The molecular weight excluding hydrogens is 302 g/mol. The van der Waals surface area contributed by atoms with Crippen LogP contribution in [-0.4, -0.2) is 0 Å². The fourth-order valence-corrected chi connectivity index (χ4v) is 2.06. The van der Waals surface area contributed by atoms with Gasteiger partial charge in [0.1, 0.15) is 11.6 Å². The van der Waals surface area contributed by atoms with Crippen LogP contribution in [0.5, 0.6) is 0 Å². The van der Waals surface area contributed by atoms with Crippen molar-refractivity contribution in [3.8, 4) is 23.7 Å². The summed E-state index contributed by atoms with van der Waals surface area (Å²) in [5.41, 5.74) is 1.77. The van der Waals surface area contributed by atoms with Gasteiger partial charge in [0, 0.05) is 17.2 Å². The van der Waals surface area contributed by atoms with Crippen LogP contribution in [0.15, 0.2) is 72.8 Å². The standard InChI is InChI=1S/C22H12F2/c23-21-16-22(24)20(14-12-18-9-5-2-6-10-18)15-19(21)13-11-17-7-3-1-4-8-17/h1-10,15-16H. The highest BCUT2D eigenvalue weighted by Crippen LogP contribution is 2.14. The van der Waals surface area contributed by atoms with Crippen LogP contribution < -0.4 is 0 Å². The Hall–Kier alpha value is -3.36. The van der Waals surface area contributed by atoms with Gasteiger partial charge >= 0.3 is 0 Å². The second-order valence-electron chi connectivity index (χ2n) is 5.04. The van der Waals surface area contributed by atoms with Crippen molar-refractivity contribution < 1.29 is 8.78 Å². The smallest absolute Gasteiger partial charge is 0.141 e. The Morgan fingerprint density at radius 1 is 0.500 bits per heavy atom. The number of hydrogen-bond donors (Lipinski definition) is 0. The molecule has 0 heterocycles. The van der Waals surface area contributed by atoms with E-state index < -0.39 is 11.6 Å². The third-order valence-corrected chi connectivity index (χ3v) is 3.29. The zero-order valence-corrected chi connectivity index (χ0v) is 12.7. The Bertz CT molecular complexity index is 888. The molecule has 0 saturated heterocycles. The highest BCUT2D eigenvalue weighted by molar-refractivity contribution is 5.50. The van der Waals surface area contributed by atoms with E-state index in [-0.39, 0.29) is 11.1 Å². The Morgan fingerprint density at radius 2 is 0.917 bits per heavy atom. The van der Waals surface area contributed by atoms with E-state index >= 15 is 0 Å². The van der Waals surface area contributed by atoms with E-state index in [4.69, 9.17) is 0 Å². The first-order valence-electron chi connectivity index (χ1n) is 7.35. The first-order valence-corrected chi connectivity index (χ1v) is 7.35. The van der Waals surface area contributed by atoms with Crippen molar-refractivity contribution in [3.05, 3.63) is 107 Å². The molecule has 0 nitrogen and oxygen atoms in total. The third-order valence-electron chi connectivity index (χ3n) is 3.29. The van der Waals surface area contributed by atoms with E-state index in [1.165, 1.54) is 6.07 Å². The van der Waals surface area contributed by atoms with E-state index in [1.807, 2.05) is 60.7 Å². The summed E-state index contributed by atoms with van der Waals surface area (Å²) in [7, 11) is 0. The molecule has 3 aromatic rings. The first kappa shape index (κ1) is 15.5. The molecule has 0 amide bonds.